The van der Waals surface area contributed by atoms with Gasteiger partial charge < -0.3 is 10.6 Å². The Morgan fingerprint density at radius 2 is 0.619 bits per heavy atom. The highest BCUT2D eigenvalue weighted by atomic mass is 19.4. The maximum atomic E-state index is 14.1. The Morgan fingerprint density at radius 3 is 0.857 bits per heavy atom. The number of amides is 2. The molecule has 0 aromatic rings. The van der Waals surface area contributed by atoms with Gasteiger partial charge in [-0.15, -0.1) is 0 Å². The first kappa shape index (κ1) is 40.4. The van der Waals surface area contributed by atoms with E-state index >= 15 is 0 Å². The third-order valence-corrected chi connectivity index (χ3v) is 7.39. The molecule has 0 rings (SSSR count). The van der Waals surface area contributed by atoms with Crippen LogP contribution in [-0.4, -0.2) is 48.6 Å². The van der Waals surface area contributed by atoms with Crippen LogP contribution in [0.15, 0.2) is 0 Å². The van der Waals surface area contributed by atoms with Crippen LogP contribution in [0.1, 0.15) is 142 Å². The Morgan fingerprint density at radius 1 is 0.405 bits per heavy atom. The Labute approximate surface area is 246 Å². The van der Waals surface area contributed by atoms with Crippen LogP contribution in [0, 0.1) is 0 Å². The molecule has 250 valence electrons. The van der Waals surface area contributed by atoms with Crippen molar-refractivity contribution in [3.63, 3.8) is 0 Å². The molecule has 42 heavy (non-hydrogen) atoms. The third kappa shape index (κ3) is 13.3. The second kappa shape index (κ2) is 21.1. The zero-order chi connectivity index (χ0) is 32.1. The summed E-state index contributed by atoms with van der Waals surface area (Å²) in [5.41, 5.74) is 0. The standard InChI is InChI=1S/C30H52F8N2O2/c1-3-5-7-9-11-13-15-17-19-21-23-39-25(41)27(31,32)29(35,36)30(37,38)28(33,34)26(42)40-24-22-20-18-16-14-12-10-8-6-4-2/h3-24H2,1-2H3,(H,39,41)(H,40,42). The Kier molecular flexibility index (Phi) is 20.3. The van der Waals surface area contributed by atoms with Crippen molar-refractivity contribution in [2.24, 2.45) is 0 Å². The first-order valence-electron chi connectivity index (χ1n) is 15.8. The number of hydrogen-bond acceptors (Lipinski definition) is 2. The predicted molar refractivity (Wildman–Crippen MR) is 149 cm³/mol. The monoisotopic (exact) mass is 624 g/mol. The minimum atomic E-state index is -6.83. The first-order chi connectivity index (χ1) is 19.7. The van der Waals surface area contributed by atoms with Gasteiger partial charge in [-0.25, -0.2) is 0 Å². The highest BCUT2D eigenvalue weighted by molar-refractivity contribution is 5.87. The van der Waals surface area contributed by atoms with E-state index in [0.717, 1.165) is 77.0 Å². The average Bonchev–Trinajstić information content (AvgIpc) is 2.93. The van der Waals surface area contributed by atoms with Crippen molar-refractivity contribution in [1.82, 2.24) is 10.6 Å². The quantitative estimate of drug-likeness (QED) is 0.0706. The molecule has 0 fully saturated rings. The van der Waals surface area contributed by atoms with Crippen molar-refractivity contribution < 1.29 is 44.7 Å². The summed E-state index contributed by atoms with van der Waals surface area (Å²) in [6, 6.07) is 0. The minimum absolute atomic E-state index is 0.122. The lowest BCUT2D eigenvalue weighted by Gasteiger charge is -2.35. The minimum Gasteiger partial charge on any atom is -0.351 e. The van der Waals surface area contributed by atoms with E-state index in [-0.39, 0.29) is 12.8 Å². The van der Waals surface area contributed by atoms with E-state index in [4.69, 9.17) is 0 Å². The van der Waals surface area contributed by atoms with E-state index in [0.29, 0.717) is 25.7 Å². The van der Waals surface area contributed by atoms with Crippen LogP contribution >= 0.6 is 0 Å². The van der Waals surface area contributed by atoms with E-state index in [1.807, 2.05) is 0 Å². The summed E-state index contributed by atoms with van der Waals surface area (Å²) in [6.45, 7) is 3.19. The number of rotatable bonds is 27. The Hall–Kier alpha value is -1.62. The summed E-state index contributed by atoms with van der Waals surface area (Å²) in [4.78, 5) is 23.4. The highest BCUT2D eigenvalue weighted by Gasteiger charge is 2.84. The summed E-state index contributed by atoms with van der Waals surface area (Å²) in [5.74, 6) is -31.6. The molecule has 0 saturated heterocycles. The fraction of sp³-hybridized carbons (Fsp3) is 0.933. The largest absolute Gasteiger partial charge is 0.392 e. The van der Waals surface area contributed by atoms with Crippen molar-refractivity contribution in [3.8, 4) is 0 Å². The topological polar surface area (TPSA) is 58.2 Å². The summed E-state index contributed by atoms with van der Waals surface area (Å²) in [5, 5.41) is 2.87. The van der Waals surface area contributed by atoms with Gasteiger partial charge in [-0.05, 0) is 12.8 Å². The molecule has 0 bridgehead atoms. The maximum Gasteiger partial charge on any atom is 0.392 e. The van der Waals surface area contributed by atoms with E-state index < -0.39 is 48.6 Å². The van der Waals surface area contributed by atoms with Crippen molar-refractivity contribution in [2.45, 2.75) is 166 Å². The molecule has 0 aliphatic carbocycles. The zero-order valence-electron chi connectivity index (χ0n) is 25.4. The number of hydrogen-bond donors (Lipinski definition) is 2. The molecular formula is C30H52F8N2O2. The number of unbranched alkanes of at least 4 members (excludes halogenated alkanes) is 18. The van der Waals surface area contributed by atoms with Crippen LogP contribution in [-0.2, 0) is 9.59 Å². The number of nitrogens with one attached hydrogen (secondary N) is 2. The zero-order valence-corrected chi connectivity index (χ0v) is 25.4. The van der Waals surface area contributed by atoms with Crippen LogP contribution in [0.5, 0.6) is 0 Å². The van der Waals surface area contributed by atoms with Gasteiger partial charge in [0.05, 0.1) is 0 Å². The highest BCUT2D eigenvalue weighted by Crippen LogP contribution is 2.52. The van der Waals surface area contributed by atoms with Crippen molar-refractivity contribution >= 4 is 11.8 Å². The van der Waals surface area contributed by atoms with Gasteiger partial charge >= 0.3 is 23.7 Å². The SMILES string of the molecule is CCCCCCCCCCCCNC(=O)C(F)(F)C(F)(F)C(F)(F)C(F)(F)C(=O)NCCCCCCCCCCCC. The predicted octanol–water partition coefficient (Wildman–Crippen LogP) is 9.60. The lowest BCUT2D eigenvalue weighted by molar-refractivity contribution is -0.347. The van der Waals surface area contributed by atoms with Gasteiger partial charge in [0.15, 0.2) is 0 Å². The van der Waals surface area contributed by atoms with E-state index in [2.05, 4.69) is 13.8 Å². The lowest BCUT2D eigenvalue weighted by Crippen LogP contribution is -2.69. The molecule has 0 aliphatic heterocycles. The van der Waals surface area contributed by atoms with Gasteiger partial charge in [0.1, 0.15) is 0 Å². The second-order valence-corrected chi connectivity index (χ2v) is 11.2. The van der Waals surface area contributed by atoms with Crippen molar-refractivity contribution in [3.05, 3.63) is 0 Å². The van der Waals surface area contributed by atoms with Crippen LogP contribution in [0.2, 0.25) is 0 Å². The molecule has 0 spiro atoms. The number of carbonyl (C=O) groups excluding carboxylic acids is 2. The molecule has 0 unspecified atom stereocenters. The molecule has 12 heteroatoms. The first-order valence-corrected chi connectivity index (χ1v) is 15.8. The molecule has 0 aliphatic rings. The summed E-state index contributed by atoms with van der Waals surface area (Å²) >= 11 is 0. The van der Waals surface area contributed by atoms with Gasteiger partial charge in [0.25, 0.3) is 11.8 Å². The fourth-order valence-corrected chi connectivity index (χ4v) is 4.53. The Balaban J connectivity index is 4.59. The summed E-state index contributed by atoms with van der Waals surface area (Å²) in [7, 11) is 0. The van der Waals surface area contributed by atoms with Gasteiger partial charge in [-0.2, -0.15) is 35.1 Å². The molecule has 0 radical (unpaired) electrons. The molecule has 0 saturated carbocycles. The average molecular weight is 625 g/mol. The molecule has 0 atom stereocenters. The van der Waals surface area contributed by atoms with Crippen LogP contribution in [0.25, 0.3) is 0 Å². The van der Waals surface area contributed by atoms with Gasteiger partial charge in [-0.1, -0.05) is 129 Å². The second-order valence-electron chi connectivity index (χ2n) is 11.2. The molecule has 2 N–H and O–H groups in total. The van der Waals surface area contributed by atoms with Gasteiger partial charge in [-0.3, -0.25) is 9.59 Å². The molecule has 4 nitrogen and oxygen atoms in total. The van der Waals surface area contributed by atoms with Gasteiger partial charge in [0, 0.05) is 13.1 Å². The van der Waals surface area contributed by atoms with E-state index in [1.165, 1.54) is 23.5 Å². The molecule has 0 aromatic heterocycles. The molecular weight excluding hydrogens is 572 g/mol. The molecule has 0 heterocycles. The Bertz CT molecular complexity index is 676. The molecule has 2 amide bonds. The van der Waals surface area contributed by atoms with E-state index in [9.17, 15) is 44.7 Å². The third-order valence-electron chi connectivity index (χ3n) is 7.39. The van der Waals surface area contributed by atoms with Crippen LogP contribution in [0.4, 0.5) is 35.1 Å². The van der Waals surface area contributed by atoms with E-state index in [1.54, 1.807) is 0 Å². The van der Waals surface area contributed by atoms with Crippen molar-refractivity contribution in [2.75, 3.05) is 13.1 Å². The lowest BCUT2D eigenvalue weighted by atomic mass is 9.97. The molecule has 0 aromatic carbocycles. The van der Waals surface area contributed by atoms with Crippen LogP contribution in [0.3, 0.4) is 0 Å². The summed E-state index contributed by atoms with van der Waals surface area (Å²) in [6.07, 6.45) is 17.5. The summed E-state index contributed by atoms with van der Waals surface area (Å²) < 4.78 is 113. The number of carbonyl (C=O) groups is 2. The van der Waals surface area contributed by atoms with Gasteiger partial charge in [0.2, 0.25) is 0 Å². The van der Waals surface area contributed by atoms with Crippen LogP contribution < -0.4 is 10.6 Å². The smallest absolute Gasteiger partial charge is 0.351 e. The number of alkyl halides is 8. The number of halogens is 8. The fourth-order valence-electron chi connectivity index (χ4n) is 4.53. The van der Waals surface area contributed by atoms with Crippen molar-refractivity contribution in [1.29, 1.82) is 0 Å². The maximum absolute atomic E-state index is 14.1. The normalized spacial score (nSPS) is 12.9.